The van der Waals surface area contributed by atoms with E-state index in [9.17, 15) is 19.2 Å². The zero-order chi connectivity index (χ0) is 21.3. The van der Waals surface area contributed by atoms with E-state index < -0.39 is 22.7 Å². The number of aromatic nitrogens is 4. The van der Waals surface area contributed by atoms with Gasteiger partial charge in [-0.3, -0.25) is 34.0 Å². The lowest BCUT2D eigenvalue weighted by Crippen LogP contribution is -2.46. The van der Waals surface area contributed by atoms with Crippen LogP contribution in [0.15, 0.2) is 44.8 Å². The van der Waals surface area contributed by atoms with Crippen LogP contribution < -0.4 is 27.2 Å². The smallest absolute Gasteiger partial charge is 0.285 e. The molecule has 1 aromatic carbocycles. The SMILES string of the molecule is CCn1c(=O)c2ccccc2n(CC(=O)NN(C)c2cnn(C)c(=O)c2Cl)c1=O. The van der Waals surface area contributed by atoms with Crippen molar-refractivity contribution in [2.45, 2.75) is 20.0 Å². The van der Waals surface area contributed by atoms with Gasteiger partial charge in [0, 0.05) is 20.6 Å². The van der Waals surface area contributed by atoms with Crippen molar-refractivity contribution in [1.82, 2.24) is 24.3 Å². The predicted molar refractivity (Wildman–Crippen MR) is 109 cm³/mol. The molecule has 0 fully saturated rings. The Labute approximate surface area is 169 Å². The van der Waals surface area contributed by atoms with Crippen LogP contribution in [0.2, 0.25) is 5.02 Å². The van der Waals surface area contributed by atoms with Gasteiger partial charge in [-0.15, -0.1) is 0 Å². The van der Waals surface area contributed by atoms with Gasteiger partial charge in [0.15, 0.2) is 0 Å². The zero-order valence-electron chi connectivity index (χ0n) is 16.0. The first-order valence-electron chi connectivity index (χ1n) is 8.73. The molecule has 1 amide bonds. The minimum absolute atomic E-state index is 0.104. The number of anilines is 1. The zero-order valence-corrected chi connectivity index (χ0v) is 16.8. The number of hydrazine groups is 1. The average molecular weight is 419 g/mol. The molecule has 10 nitrogen and oxygen atoms in total. The van der Waals surface area contributed by atoms with Crippen LogP contribution in [0.1, 0.15) is 6.92 Å². The van der Waals surface area contributed by atoms with Crippen LogP contribution in [0.5, 0.6) is 0 Å². The molecule has 0 aliphatic rings. The highest BCUT2D eigenvalue weighted by Crippen LogP contribution is 2.17. The third-order valence-corrected chi connectivity index (χ3v) is 4.82. The molecule has 11 heteroatoms. The van der Waals surface area contributed by atoms with Crippen LogP contribution in [-0.4, -0.2) is 31.9 Å². The van der Waals surface area contributed by atoms with Gasteiger partial charge in [-0.2, -0.15) is 5.10 Å². The maximum absolute atomic E-state index is 12.7. The highest BCUT2D eigenvalue weighted by molar-refractivity contribution is 6.33. The molecule has 0 saturated carbocycles. The Morgan fingerprint density at radius 1 is 1.17 bits per heavy atom. The summed E-state index contributed by atoms with van der Waals surface area (Å²) in [7, 11) is 2.95. The molecule has 1 N–H and O–H groups in total. The summed E-state index contributed by atoms with van der Waals surface area (Å²) < 4.78 is 3.37. The molecular weight excluding hydrogens is 400 g/mol. The number of fused-ring (bicyclic) bond motifs is 1. The molecule has 0 aliphatic heterocycles. The molecule has 2 aromatic heterocycles. The van der Waals surface area contributed by atoms with Gasteiger partial charge in [0.05, 0.1) is 17.1 Å². The van der Waals surface area contributed by atoms with E-state index in [1.807, 2.05) is 0 Å². The minimum Gasteiger partial charge on any atom is -0.285 e. The molecule has 2 heterocycles. The number of aryl methyl sites for hydroxylation is 1. The highest BCUT2D eigenvalue weighted by atomic mass is 35.5. The number of para-hydroxylation sites is 1. The van der Waals surface area contributed by atoms with Crippen molar-refractivity contribution in [3.05, 3.63) is 66.7 Å². The molecule has 0 spiro atoms. The molecule has 0 bridgehead atoms. The number of rotatable bonds is 5. The summed E-state index contributed by atoms with van der Waals surface area (Å²) in [5.74, 6) is -0.544. The van der Waals surface area contributed by atoms with Crippen molar-refractivity contribution in [1.29, 1.82) is 0 Å². The number of nitrogens with zero attached hydrogens (tertiary/aromatic N) is 5. The number of benzene rings is 1. The Bertz CT molecular complexity index is 1280. The molecule has 3 aromatic rings. The summed E-state index contributed by atoms with van der Waals surface area (Å²) in [6, 6.07) is 6.59. The number of hydrogen-bond acceptors (Lipinski definition) is 6. The molecule has 0 saturated heterocycles. The molecule has 0 unspecified atom stereocenters. The van der Waals surface area contributed by atoms with E-state index in [0.29, 0.717) is 10.9 Å². The second-order valence-electron chi connectivity index (χ2n) is 6.30. The standard InChI is InChI=1S/C18H19ClN6O4/c1-4-24-16(27)11-7-5-6-8-12(11)25(18(24)29)10-14(26)21-22(2)13-9-20-23(3)17(28)15(13)19/h5-9H,4,10H2,1-3H3,(H,21,26). The van der Waals surface area contributed by atoms with E-state index in [0.717, 1.165) is 9.25 Å². The van der Waals surface area contributed by atoms with Crippen LogP contribution in [0.25, 0.3) is 10.9 Å². The summed E-state index contributed by atoms with van der Waals surface area (Å²) in [5.41, 5.74) is 1.62. The van der Waals surface area contributed by atoms with Gasteiger partial charge in [-0.25, -0.2) is 9.48 Å². The minimum atomic E-state index is -0.581. The molecule has 0 radical (unpaired) electrons. The van der Waals surface area contributed by atoms with Gasteiger partial charge < -0.3 is 0 Å². The van der Waals surface area contributed by atoms with Crippen LogP contribution in [-0.2, 0) is 24.9 Å². The number of carbonyl (C=O) groups is 1. The molecule has 0 atom stereocenters. The lowest BCUT2D eigenvalue weighted by Gasteiger charge is -2.21. The van der Waals surface area contributed by atoms with Crippen LogP contribution >= 0.6 is 11.6 Å². The number of halogens is 1. The van der Waals surface area contributed by atoms with Crippen molar-refractivity contribution >= 4 is 34.1 Å². The first-order valence-corrected chi connectivity index (χ1v) is 9.11. The number of nitrogens with one attached hydrogen (secondary N) is 1. The summed E-state index contributed by atoms with van der Waals surface area (Å²) in [6.45, 7) is 1.53. The quantitative estimate of drug-likeness (QED) is 0.588. The molecule has 3 rings (SSSR count). The third kappa shape index (κ3) is 3.66. The molecule has 0 aliphatic carbocycles. The second-order valence-corrected chi connectivity index (χ2v) is 6.68. The van der Waals surface area contributed by atoms with Gasteiger partial charge in [0.2, 0.25) is 0 Å². The van der Waals surface area contributed by atoms with E-state index in [1.165, 1.54) is 29.9 Å². The topological polar surface area (TPSA) is 111 Å². The highest BCUT2D eigenvalue weighted by Gasteiger charge is 2.17. The first-order chi connectivity index (χ1) is 13.8. The Morgan fingerprint density at radius 3 is 2.55 bits per heavy atom. The van der Waals surface area contributed by atoms with Crippen molar-refractivity contribution in [2.75, 3.05) is 12.1 Å². The summed E-state index contributed by atoms with van der Waals surface area (Å²) in [6.07, 6.45) is 1.34. The largest absolute Gasteiger partial charge is 0.331 e. The van der Waals surface area contributed by atoms with Crippen molar-refractivity contribution in [2.24, 2.45) is 7.05 Å². The predicted octanol–water partition coefficient (Wildman–Crippen LogP) is 0.0978. The van der Waals surface area contributed by atoms with E-state index in [2.05, 4.69) is 10.5 Å². The summed E-state index contributed by atoms with van der Waals surface area (Å²) in [4.78, 5) is 49.7. The van der Waals surface area contributed by atoms with Crippen molar-refractivity contribution in [3.63, 3.8) is 0 Å². The van der Waals surface area contributed by atoms with E-state index in [-0.39, 0.29) is 23.8 Å². The Hall–Kier alpha value is -3.40. The van der Waals surface area contributed by atoms with Gasteiger partial charge in [-0.05, 0) is 19.1 Å². The number of hydrogen-bond donors (Lipinski definition) is 1. The van der Waals surface area contributed by atoms with Crippen molar-refractivity contribution in [3.8, 4) is 0 Å². The van der Waals surface area contributed by atoms with Crippen LogP contribution in [0.3, 0.4) is 0 Å². The molecular formula is C18H19ClN6O4. The Kier molecular flexibility index (Phi) is 5.55. The fourth-order valence-electron chi connectivity index (χ4n) is 2.96. The fraction of sp³-hybridized carbons (Fsp3) is 0.278. The maximum atomic E-state index is 12.7. The van der Waals surface area contributed by atoms with E-state index >= 15 is 0 Å². The molecule has 152 valence electrons. The van der Waals surface area contributed by atoms with Crippen LogP contribution in [0.4, 0.5) is 5.69 Å². The molecule has 29 heavy (non-hydrogen) atoms. The van der Waals surface area contributed by atoms with Crippen molar-refractivity contribution < 1.29 is 4.79 Å². The van der Waals surface area contributed by atoms with E-state index in [4.69, 9.17) is 11.6 Å². The lowest BCUT2D eigenvalue weighted by atomic mass is 10.2. The summed E-state index contributed by atoms with van der Waals surface area (Å²) in [5, 5.41) is 5.36. The maximum Gasteiger partial charge on any atom is 0.331 e. The van der Waals surface area contributed by atoms with Gasteiger partial charge >= 0.3 is 5.69 Å². The van der Waals surface area contributed by atoms with Gasteiger partial charge in [-0.1, -0.05) is 23.7 Å². The monoisotopic (exact) mass is 418 g/mol. The first kappa shape index (κ1) is 20.3. The summed E-state index contributed by atoms with van der Waals surface area (Å²) >= 11 is 6.04. The number of amides is 1. The average Bonchev–Trinajstić information content (AvgIpc) is 2.69. The Balaban J connectivity index is 1.95. The Morgan fingerprint density at radius 2 is 1.86 bits per heavy atom. The van der Waals surface area contributed by atoms with Crippen LogP contribution in [0, 0.1) is 0 Å². The number of carbonyl (C=O) groups excluding carboxylic acids is 1. The van der Waals surface area contributed by atoms with E-state index in [1.54, 1.807) is 31.2 Å². The lowest BCUT2D eigenvalue weighted by molar-refractivity contribution is -0.121. The third-order valence-electron chi connectivity index (χ3n) is 4.46. The van der Waals surface area contributed by atoms with Gasteiger partial charge in [0.1, 0.15) is 17.3 Å². The van der Waals surface area contributed by atoms with Gasteiger partial charge in [0.25, 0.3) is 17.0 Å². The second kappa shape index (κ2) is 7.92. The normalized spacial score (nSPS) is 10.9. The fourth-order valence-corrected chi connectivity index (χ4v) is 3.26.